The number of hydrogen-bond donors (Lipinski definition) is 1. The quantitative estimate of drug-likeness (QED) is 0.802. The zero-order chi connectivity index (χ0) is 9.90. The van der Waals surface area contributed by atoms with Crippen molar-refractivity contribution >= 4 is 11.8 Å². The molecule has 0 saturated heterocycles. The second-order valence-corrected chi connectivity index (χ2v) is 5.08. The van der Waals surface area contributed by atoms with Crippen molar-refractivity contribution in [1.29, 1.82) is 0 Å². The van der Waals surface area contributed by atoms with Crippen LogP contribution in [0.3, 0.4) is 0 Å². The molecule has 1 atom stereocenters. The van der Waals surface area contributed by atoms with Gasteiger partial charge in [-0.2, -0.15) is 11.8 Å². The highest BCUT2D eigenvalue weighted by atomic mass is 32.2. The lowest BCUT2D eigenvalue weighted by Crippen LogP contribution is -2.24. The van der Waals surface area contributed by atoms with E-state index in [4.69, 9.17) is 0 Å². The average Bonchev–Trinajstić information content (AvgIpc) is 2.18. The highest BCUT2D eigenvalue weighted by Gasteiger charge is 2.27. The van der Waals surface area contributed by atoms with E-state index in [2.05, 4.69) is 13.8 Å². The Bertz CT molecular complexity index is 256. The minimum absolute atomic E-state index is 0.124. The molecule has 1 aromatic carbocycles. The van der Waals surface area contributed by atoms with Crippen molar-refractivity contribution in [1.82, 2.24) is 0 Å². The van der Waals surface area contributed by atoms with Gasteiger partial charge < -0.3 is 5.11 Å². The van der Waals surface area contributed by atoms with Gasteiger partial charge in [0.25, 0.3) is 0 Å². The minimum Gasteiger partial charge on any atom is -0.387 e. The van der Waals surface area contributed by atoms with Crippen LogP contribution in [-0.2, 0) is 0 Å². The van der Waals surface area contributed by atoms with E-state index < -0.39 is 6.10 Å². The third-order valence-electron chi connectivity index (χ3n) is 2.30. The van der Waals surface area contributed by atoms with Gasteiger partial charge in [0, 0.05) is 4.75 Å². The van der Waals surface area contributed by atoms with Crippen molar-refractivity contribution in [2.45, 2.75) is 24.7 Å². The van der Waals surface area contributed by atoms with Crippen LogP contribution in [0.5, 0.6) is 0 Å². The van der Waals surface area contributed by atoms with E-state index in [1.54, 1.807) is 11.8 Å². The van der Waals surface area contributed by atoms with Gasteiger partial charge in [-0.15, -0.1) is 0 Å². The molecule has 0 heterocycles. The molecule has 0 amide bonds. The van der Waals surface area contributed by atoms with Crippen LogP contribution in [0.2, 0.25) is 0 Å². The maximum Gasteiger partial charge on any atom is 0.0931 e. The van der Waals surface area contributed by atoms with Crippen LogP contribution in [0.4, 0.5) is 0 Å². The number of hydrogen-bond acceptors (Lipinski definition) is 2. The Kier molecular flexibility index (Phi) is 3.40. The topological polar surface area (TPSA) is 20.2 Å². The number of aliphatic hydroxyl groups excluding tert-OH is 1. The van der Waals surface area contributed by atoms with Gasteiger partial charge in [0.1, 0.15) is 0 Å². The molecular weight excluding hydrogens is 180 g/mol. The Morgan fingerprint density at radius 3 is 2.23 bits per heavy atom. The standard InChI is InChI=1S/C11H16OS/c1-11(2,13-3)10(12)9-7-5-4-6-8-9/h4-8,10,12H,1-3H3. The largest absolute Gasteiger partial charge is 0.387 e. The van der Waals surface area contributed by atoms with E-state index >= 15 is 0 Å². The van der Waals surface area contributed by atoms with Gasteiger partial charge >= 0.3 is 0 Å². The summed E-state index contributed by atoms with van der Waals surface area (Å²) in [6.45, 7) is 4.10. The van der Waals surface area contributed by atoms with E-state index in [1.165, 1.54) is 0 Å². The van der Waals surface area contributed by atoms with Crippen LogP contribution < -0.4 is 0 Å². The molecule has 1 nitrogen and oxygen atoms in total. The van der Waals surface area contributed by atoms with Gasteiger partial charge in [-0.3, -0.25) is 0 Å². The van der Waals surface area contributed by atoms with Crippen molar-refractivity contribution < 1.29 is 5.11 Å². The van der Waals surface area contributed by atoms with Gasteiger partial charge in [0.15, 0.2) is 0 Å². The molecule has 13 heavy (non-hydrogen) atoms. The van der Waals surface area contributed by atoms with Gasteiger partial charge in [0.2, 0.25) is 0 Å². The van der Waals surface area contributed by atoms with E-state index in [1.807, 2.05) is 36.6 Å². The summed E-state index contributed by atoms with van der Waals surface area (Å²) in [4.78, 5) is 0. The fraction of sp³-hybridized carbons (Fsp3) is 0.455. The van der Waals surface area contributed by atoms with E-state index in [9.17, 15) is 5.11 Å². The maximum atomic E-state index is 10.0. The lowest BCUT2D eigenvalue weighted by atomic mass is 9.98. The summed E-state index contributed by atoms with van der Waals surface area (Å²) in [5.74, 6) is 0. The van der Waals surface area contributed by atoms with Crippen molar-refractivity contribution in [3.63, 3.8) is 0 Å². The number of rotatable bonds is 3. The third-order valence-corrected chi connectivity index (χ3v) is 3.58. The van der Waals surface area contributed by atoms with Crippen LogP contribution in [0, 0.1) is 0 Å². The lowest BCUT2D eigenvalue weighted by molar-refractivity contribution is 0.144. The predicted molar refractivity (Wildman–Crippen MR) is 59.0 cm³/mol. The maximum absolute atomic E-state index is 10.0. The summed E-state index contributed by atoms with van der Waals surface area (Å²) < 4.78 is -0.124. The Morgan fingerprint density at radius 2 is 1.77 bits per heavy atom. The molecule has 2 heteroatoms. The highest BCUT2D eigenvalue weighted by Crippen LogP contribution is 2.35. The predicted octanol–water partition coefficient (Wildman–Crippen LogP) is 2.86. The summed E-state index contributed by atoms with van der Waals surface area (Å²) in [5.41, 5.74) is 0.988. The van der Waals surface area contributed by atoms with Crippen molar-refractivity contribution in [2.24, 2.45) is 0 Å². The first-order valence-electron chi connectivity index (χ1n) is 4.36. The Balaban J connectivity index is 2.85. The Hall–Kier alpha value is -0.470. The van der Waals surface area contributed by atoms with Crippen molar-refractivity contribution in [3.05, 3.63) is 35.9 Å². The van der Waals surface area contributed by atoms with Crippen LogP contribution >= 0.6 is 11.8 Å². The van der Waals surface area contributed by atoms with Gasteiger partial charge in [-0.25, -0.2) is 0 Å². The highest BCUT2D eigenvalue weighted by molar-refractivity contribution is 7.99. The molecule has 0 spiro atoms. The molecule has 1 unspecified atom stereocenters. The first kappa shape index (κ1) is 10.6. The molecule has 0 aromatic heterocycles. The summed E-state index contributed by atoms with van der Waals surface area (Å²) in [5, 5.41) is 10.0. The summed E-state index contributed by atoms with van der Waals surface area (Å²) in [6, 6.07) is 9.79. The molecule has 1 N–H and O–H groups in total. The second-order valence-electron chi connectivity index (χ2n) is 3.62. The first-order valence-corrected chi connectivity index (χ1v) is 5.58. The van der Waals surface area contributed by atoms with Gasteiger partial charge in [0.05, 0.1) is 6.10 Å². The minimum atomic E-state index is -0.399. The van der Waals surface area contributed by atoms with Gasteiger partial charge in [-0.05, 0) is 25.7 Å². The molecule has 0 fully saturated rings. The Labute approximate surface area is 84.2 Å². The average molecular weight is 196 g/mol. The molecule has 1 aromatic rings. The normalized spacial score (nSPS) is 14.2. The Morgan fingerprint density at radius 1 is 1.23 bits per heavy atom. The molecule has 0 aliphatic heterocycles. The van der Waals surface area contributed by atoms with Crippen LogP contribution in [0.25, 0.3) is 0 Å². The molecule has 0 bridgehead atoms. The van der Waals surface area contributed by atoms with Crippen LogP contribution in [0.15, 0.2) is 30.3 Å². The lowest BCUT2D eigenvalue weighted by Gasteiger charge is -2.28. The molecule has 1 rings (SSSR count). The number of aliphatic hydroxyl groups is 1. The van der Waals surface area contributed by atoms with Crippen molar-refractivity contribution in [3.8, 4) is 0 Å². The monoisotopic (exact) mass is 196 g/mol. The number of thioether (sulfide) groups is 1. The third kappa shape index (κ3) is 2.48. The summed E-state index contributed by atoms with van der Waals surface area (Å²) in [7, 11) is 0. The molecular formula is C11H16OS. The summed E-state index contributed by atoms with van der Waals surface area (Å²) in [6.07, 6.45) is 1.62. The van der Waals surface area contributed by atoms with Crippen LogP contribution in [0.1, 0.15) is 25.5 Å². The SMILES string of the molecule is CSC(C)(C)C(O)c1ccccc1. The van der Waals surface area contributed by atoms with E-state index in [0.29, 0.717) is 0 Å². The smallest absolute Gasteiger partial charge is 0.0931 e. The molecule has 72 valence electrons. The second kappa shape index (κ2) is 4.16. The molecule has 0 saturated carbocycles. The molecule has 0 aliphatic rings. The zero-order valence-corrected chi connectivity index (χ0v) is 9.14. The summed E-state index contributed by atoms with van der Waals surface area (Å²) >= 11 is 1.68. The van der Waals surface area contributed by atoms with Crippen LogP contribution in [-0.4, -0.2) is 16.1 Å². The first-order chi connectivity index (χ1) is 6.08. The fourth-order valence-corrected chi connectivity index (χ4v) is 1.51. The van der Waals surface area contributed by atoms with Gasteiger partial charge in [-0.1, -0.05) is 30.3 Å². The number of benzene rings is 1. The van der Waals surface area contributed by atoms with E-state index in [-0.39, 0.29) is 4.75 Å². The molecule has 0 radical (unpaired) electrons. The van der Waals surface area contributed by atoms with Crippen molar-refractivity contribution in [2.75, 3.05) is 6.26 Å². The van der Waals surface area contributed by atoms with E-state index in [0.717, 1.165) is 5.56 Å². The fourth-order valence-electron chi connectivity index (χ4n) is 1.15. The molecule has 0 aliphatic carbocycles. The zero-order valence-electron chi connectivity index (χ0n) is 8.32.